The fourth-order valence-corrected chi connectivity index (χ4v) is 3.41. The third kappa shape index (κ3) is 4.09. The molecule has 0 saturated carbocycles. The summed E-state index contributed by atoms with van der Waals surface area (Å²) < 4.78 is 13.3. The van der Waals surface area contributed by atoms with Crippen molar-refractivity contribution < 1.29 is 9.18 Å². The number of benzene rings is 1. The average molecular weight is 379 g/mol. The van der Waals surface area contributed by atoms with Crippen LogP contribution in [0.2, 0.25) is 0 Å². The highest BCUT2D eigenvalue weighted by molar-refractivity contribution is 5.94. The molecular weight excluding hydrogens is 357 g/mol. The van der Waals surface area contributed by atoms with Gasteiger partial charge < -0.3 is 10.2 Å². The maximum Gasteiger partial charge on any atom is 0.275 e. The number of fused-ring (bicyclic) bond motifs is 1. The summed E-state index contributed by atoms with van der Waals surface area (Å²) in [5.74, 6) is -0.413. The molecule has 0 unspecified atom stereocenters. The molecule has 28 heavy (non-hydrogen) atoms. The van der Waals surface area contributed by atoms with Crippen molar-refractivity contribution in [1.82, 2.24) is 25.4 Å². The number of amides is 1. The average Bonchev–Trinajstić information content (AvgIpc) is 3.17. The van der Waals surface area contributed by atoms with E-state index in [9.17, 15) is 9.18 Å². The molecule has 0 saturated heterocycles. The van der Waals surface area contributed by atoms with Crippen LogP contribution in [0, 0.1) is 5.82 Å². The van der Waals surface area contributed by atoms with Crippen LogP contribution in [0.1, 0.15) is 33.0 Å². The molecule has 0 radical (unpaired) electrons. The molecule has 0 aliphatic carbocycles. The number of H-pyrrole nitrogens is 1. The normalized spacial score (nSPS) is 13.2. The minimum absolute atomic E-state index is 0.124. The first-order chi connectivity index (χ1) is 13.7. The molecular formula is C21H22FN5O. The number of halogens is 1. The SMILES string of the molecule is O=C(c1n[nH]c2c1CNCC2)N(CCc1ccccn1)Cc1ccc(F)cc1. The summed E-state index contributed by atoms with van der Waals surface area (Å²) in [4.78, 5) is 19.4. The topological polar surface area (TPSA) is 73.9 Å². The van der Waals surface area contributed by atoms with E-state index >= 15 is 0 Å². The number of carbonyl (C=O) groups excluding carboxylic acids is 1. The lowest BCUT2D eigenvalue weighted by Gasteiger charge is -2.23. The lowest BCUT2D eigenvalue weighted by Crippen LogP contribution is -2.34. The van der Waals surface area contributed by atoms with Crippen molar-refractivity contribution in [2.24, 2.45) is 0 Å². The molecule has 1 aliphatic rings. The Balaban J connectivity index is 1.56. The number of nitrogens with zero attached hydrogens (tertiary/aromatic N) is 3. The van der Waals surface area contributed by atoms with Gasteiger partial charge in [-0.15, -0.1) is 0 Å². The van der Waals surface area contributed by atoms with Gasteiger partial charge in [-0.3, -0.25) is 14.9 Å². The molecule has 0 spiro atoms. The van der Waals surface area contributed by atoms with E-state index in [-0.39, 0.29) is 11.7 Å². The van der Waals surface area contributed by atoms with Crippen molar-refractivity contribution >= 4 is 5.91 Å². The van der Waals surface area contributed by atoms with E-state index in [0.717, 1.165) is 35.5 Å². The highest BCUT2D eigenvalue weighted by Crippen LogP contribution is 2.19. The van der Waals surface area contributed by atoms with Crippen molar-refractivity contribution in [3.63, 3.8) is 0 Å². The van der Waals surface area contributed by atoms with E-state index in [4.69, 9.17) is 0 Å². The van der Waals surface area contributed by atoms with Gasteiger partial charge in [0.05, 0.1) is 0 Å². The number of hydrogen-bond donors (Lipinski definition) is 2. The Labute approximate surface area is 162 Å². The Bertz CT molecular complexity index is 939. The van der Waals surface area contributed by atoms with Gasteiger partial charge in [0.25, 0.3) is 5.91 Å². The third-order valence-corrected chi connectivity index (χ3v) is 4.95. The highest BCUT2D eigenvalue weighted by Gasteiger charge is 2.25. The Morgan fingerprint density at radius 2 is 2.04 bits per heavy atom. The second kappa shape index (κ2) is 8.31. The summed E-state index contributed by atoms with van der Waals surface area (Å²) in [6.45, 7) is 2.41. The van der Waals surface area contributed by atoms with E-state index in [2.05, 4.69) is 20.5 Å². The Kier molecular flexibility index (Phi) is 5.43. The first-order valence-electron chi connectivity index (χ1n) is 9.41. The zero-order valence-electron chi connectivity index (χ0n) is 15.5. The minimum atomic E-state index is -0.289. The smallest absolute Gasteiger partial charge is 0.275 e. The van der Waals surface area contributed by atoms with Crippen molar-refractivity contribution in [2.45, 2.75) is 25.9 Å². The van der Waals surface area contributed by atoms with Crippen LogP contribution in [0.25, 0.3) is 0 Å². The third-order valence-electron chi connectivity index (χ3n) is 4.95. The number of pyridine rings is 1. The van der Waals surface area contributed by atoms with Crippen molar-refractivity contribution in [3.05, 3.63) is 82.7 Å². The molecule has 2 aromatic heterocycles. The first kappa shape index (κ1) is 18.3. The predicted octanol–water partition coefficient (Wildman–Crippen LogP) is 2.47. The van der Waals surface area contributed by atoms with Gasteiger partial charge in [0.1, 0.15) is 5.82 Å². The summed E-state index contributed by atoms with van der Waals surface area (Å²) in [6, 6.07) is 12.0. The van der Waals surface area contributed by atoms with E-state index in [1.165, 1.54) is 12.1 Å². The minimum Gasteiger partial charge on any atom is -0.333 e. The second-order valence-electron chi connectivity index (χ2n) is 6.88. The number of nitrogens with one attached hydrogen (secondary N) is 2. The molecule has 0 fully saturated rings. The lowest BCUT2D eigenvalue weighted by molar-refractivity contribution is 0.0737. The molecule has 3 aromatic rings. The molecule has 0 atom stereocenters. The van der Waals surface area contributed by atoms with Crippen LogP contribution < -0.4 is 5.32 Å². The molecule has 1 amide bonds. The summed E-state index contributed by atoms with van der Waals surface area (Å²) in [6.07, 6.45) is 3.22. The van der Waals surface area contributed by atoms with Gasteiger partial charge in [0, 0.05) is 62.2 Å². The van der Waals surface area contributed by atoms with Crippen LogP contribution in [-0.2, 0) is 25.9 Å². The quantitative estimate of drug-likeness (QED) is 0.690. The second-order valence-corrected chi connectivity index (χ2v) is 6.88. The summed E-state index contributed by atoms with van der Waals surface area (Å²) >= 11 is 0. The van der Waals surface area contributed by atoms with Gasteiger partial charge in [-0.05, 0) is 29.8 Å². The van der Waals surface area contributed by atoms with Crippen molar-refractivity contribution in [2.75, 3.05) is 13.1 Å². The number of aromatic nitrogens is 3. The first-order valence-corrected chi connectivity index (χ1v) is 9.41. The van der Waals surface area contributed by atoms with Gasteiger partial charge in [-0.25, -0.2) is 4.39 Å². The molecule has 0 bridgehead atoms. The van der Waals surface area contributed by atoms with Crippen LogP contribution in [0.4, 0.5) is 4.39 Å². The molecule has 1 aliphatic heterocycles. The van der Waals surface area contributed by atoms with Crippen LogP contribution in [0.3, 0.4) is 0 Å². The van der Waals surface area contributed by atoms with Crippen LogP contribution in [-0.4, -0.2) is 39.1 Å². The number of carbonyl (C=O) groups is 1. The Hall–Kier alpha value is -3.06. The highest BCUT2D eigenvalue weighted by atomic mass is 19.1. The van der Waals surface area contributed by atoms with Gasteiger partial charge in [-0.2, -0.15) is 5.10 Å². The standard InChI is InChI=1S/C21H22FN5O/c22-16-6-4-15(5-7-16)14-27(12-9-17-3-1-2-10-24-17)21(28)20-18-13-23-11-8-19(18)25-26-20/h1-7,10,23H,8-9,11-14H2,(H,25,26). The summed E-state index contributed by atoms with van der Waals surface area (Å²) in [7, 11) is 0. The van der Waals surface area contributed by atoms with E-state index in [0.29, 0.717) is 31.7 Å². The number of hydrogen-bond acceptors (Lipinski definition) is 4. The van der Waals surface area contributed by atoms with Crippen LogP contribution in [0.15, 0.2) is 48.7 Å². The van der Waals surface area contributed by atoms with Gasteiger partial charge in [0.15, 0.2) is 5.69 Å². The van der Waals surface area contributed by atoms with Gasteiger partial charge in [-0.1, -0.05) is 18.2 Å². The van der Waals surface area contributed by atoms with Crippen LogP contribution in [0.5, 0.6) is 0 Å². The largest absolute Gasteiger partial charge is 0.333 e. The Morgan fingerprint density at radius 1 is 1.18 bits per heavy atom. The number of aromatic amines is 1. The van der Waals surface area contributed by atoms with Gasteiger partial charge in [0.2, 0.25) is 0 Å². The van der Waals surface area contributed by atoms with E-state index in [1.807, 2.05) is 18.2 Å². The maximum absolute atomic E-state index is 13.3. The molecule has 2 N–H and O–H groups in total. The van der Waals surface area contributed by atoms with Crippen molar-refractivity contribution in [1.29, 1.82) is 0 Å². The molecule has 7 heteroatoms. The lowest BCUT2D eigenvalue weighted by atomic mass is 10.1. The maximum atomic E-state index is 13.3. The fourth-order valence-electron chi connectivity index (χ4n) is 3.41. The fraction of sp³-hybridized carbons (Fsp3) is 0.286. The van der Waals surface area contributed by atoms with Crippen LogP contribution >= 0.6 is 0 Å². The van der Waals surface area contributed by atoms with E-state index < -0.39 is 0 Å². The monoisotopic (exact) mass is 379 g/mol. The molecule has 1 aromatic carbocycles. The molecule has 144 valence electrons. The zero-order chi connectivity index (χ0) is 19.3. The van der Waals surface area contributed by atoms with E-state index in [1.54, 1.807) is 23.2 Å². The summed E-state index contributed by atoms with van der Waals surface area (Å²) in [5.41, 5.74) is 4.22. The zero-order valence-corrected chi connectivity index (χ0v) is 15.5. The number of rotatable bonds is 6. The molecule has 3 heterocycles. The van der Waals surface area contributed by atoms with Crippen molar-refractivity contribution in [3.8, 4) is 0 Å². The molecule has 4 rings (SSSR count). The Morgan fingerprint density at radius 3 is 2.82 bits per heavy atom. The van der Waals surface area contributed by atoms with Gasteiger partial charge >= 0.3 is 0 Å². The predicted molar refractivity (Wildman–Crippen MR) is 103 cm³/mol. The molecule has 6 nitrogen and oxygen atoms in total. The summed E-state index contributed by atoms with van der Waals surface area (Å²) in [5, 5.41) is 10.6.